The highest BCUT2D eigenvalue weighted by Gasteiger charge is 2.23. The van der Waals surface area contributed by atoms with Gasteiger partial charge in [0.1, 0.15) is 5.75 Å². The van der Waals surface area contributed by atoms with Crippen molar-refractivity contribution in [2.24, 2.45) is 11.1 Å². The van der Waals surface area contributed by atoms with Crippen molar-refractivity contribution in [2.45, 2.75) is 26.8 Å². The van der Waals surface area contributed by atoms with Crippen molar-refractivity contribution in [2.75, 3.05) is 11.9 Å². The first kappa shape index (κ1) is 11.9. The molecule has 0 amide bonds. The van der Waals surface area contributed by atoms with Crippen LogP contribution in [0.1, 0.15) is 20.8 Å². The van der Waals surface area contributed by atoms with Crippen LogP contribution in [0.5, 0.6) is 5.75 Å². The average Bonchev–Trinajstić information content (AvgIpc) is 2.14. The Kier molecular flexibility index (Phi) is 3.58. The molecule has 4 N–H and O–H groups in total. The summed E-state index contributed by atoms with van der Waals surface area (Å²) in [5.74, 6) is 0.264. The van der Waals surface area contributed by atoms with E-state index in [0.29, 0.717) is 6.54 Å². The highest BCUT2D eigenvalue weighted by Crippen LogP contribution is 2.27. The van der Waals surface area contributed by atoms with E-state index in [1.807, 2.05) is 12.1 Å². The Hall–Kier alpha value is -1.22. The predicted octanol–water partition coefficient (Wildman–Crippen LogP) is 2.18. The Morgan fingerprint density at radius 2 is 1.93 bits per heavy atom. The smallest absolute Gasteiger partial charge is 0.138 e. The lowest BCUT2D eigenvalue weighted by Crippen LogP contribution is -2.40. The molecule has 0 saturated heterocycles. The van der Waals surface area contributed by atoms with Gasteiger partial charge >= 0.3 is 0 Å². The topological polar surface area (TPSA) is 58.3 Å². The molecule has 0 aromatic heterocycles. The molecule has 1 unspecified atom stereocenters. The zero-order valence-corrected chi connectivity index (χ0v) is 9.62. The summed E-state index contributed by atoms with van der Waals surface area (Å²) in [4.78, 5) is 0. The molecule has 1 aromatic rings. The molecule has 3 nitrogen and oxygen atoms in total. The minimum atomic E-state index is 0.0665. The van der Waals surface area contributed by atoms with Gasteiger partial charge in [-0.05, 0) is 17.5 Å². The summed E-state index contributed by atoms with van der Waals surface area (Å²) in [7, 11) is 0. The summed E-state index contributed by atoms with van der Waals surface area (Å²) in [5.41, 5.74) is 6.52. The SMILES string of the molecule is CC(C)(C)C(CN)Nc1ccccc1O. The lowest BCUT2D eigenvalue weighted by atomic mass is 9.86. The molecule has 84 valence electrons. The van der Waals surface area contributed by atoms with E-state index < -0.39 is 0 Å². The highest BCUT2D eigenvalue weighted by molar-refractivity contribution is 5.56. The third kappa shape index (κ3) is 3.13. The Morgan fingerprint density at radius 3 is 2.40 bits per heavy atom. The van der Waals surface area contributed by atoms with Gasteiger partial charge in [-0.2, -0.15) is 0 Å². The van der Waals surface area contributed by atoms with Crippen LogP contribution in [0, 0.1) is 5.41 Å². The zero-order valence-electron chi connectivity index (χ0n) is 9.62. The highest BCUT2D eigenvalue weighted by atomic mass is 16.3. The largest absolute Gasteiger partial charge is 0.506 e. The van der Waals surface area contributed by atoms with E-state index >= 15 is 0 Å². The van der Waals surface area contributed by atoms with E-state index in [1.54, 1.807) is 12.1 Å². The molecule has 1 atom stereocenters. The number of phenolic OH excluding ortho intramolecular Hbond substituents is 1. The summed E-state index contributed by atoms with van der Waals surface area (Å²) in [5, 5.41) is 12.9. The van der Waals surface area contributed by atoms with Gasteiger partial charge in [0, 0.05) is 12.6 Å². The van der Waals surface area contributed by atoms with Gasteiger partial charge in [-0.15, -0.1) is 0 Å². The number of nitrogens with two attached hydrogens (primary N) is 1. The van der Waals surface area contributed by atoms with Crippen LogP contribution in [0.3, 0.4) is 0 Å². The second kappa shape index (κ2) is 4.53. The average molecular weight is 208 g/mol. The van der Waals surface area contributed by atoms with Gasteiger partial charge in [0.25, 0.3) is 0 Å². The van der Waals surface area contributed by atoms with Crippen LogP contribution in [0.2, 0.25) is 0 Å². The first-order chi connectivity index (χ1) is 6.95. The Balaban J connectivity index is 2.80. The van der Waals surface area contributed by atoms with Crippen LogP contribution in [-0.4, -0.2) is 17.7 Å². The van der Waals surface area contributed by atoms with Crippen molar-refractivity contribution in [3.8, 4) is 5.75 Å². The molecule has 0 aliphatic heterocycles. The Bertz CT molecular complexity index is 318. The van der Waals surface area contributed by atoms with Gasteiger partial charge in [-0.3, -0.25) is 0 Å². The number of phenols is 1. The number of hydrogen-bond donors (Lipinski definition) is 3. The summed E-state index contributed by atoms with van der Waals surface area (Å²) in [6.07, 6.45) is 0. The van der Waals surface area contributed by atoms with Crippen LogP contribution in [-0.2, 0) is 0 Å². The molecule has 0 spiro atoms. The van der Waals surface area contributed by atoms with E-state index in [9.17, 15) is 5.11 Å². The number of hydrogen-bond acceptors (Lipinski definition) is 3. The fourth-order valence-electron chi connectivity index (χ4n) is 1.41. The summed E-state index contributed by atoms with van der Waals surface area (Å²) in [6, 6.07) is 7.35. The van der Waals surface area contributed by atoms with Gasteiger partial charge in [0.15, 0.2) is 0 Å². The van der Waals surface area contributed by atoms with Crippen molar-refractivity contribution in [1.29, 1.82) is 0 Å². The fraction of sp³-hybridized carbons (Fsp3) is 0.500. The van der Waals surface area contributed by atoms with Gasteiger partial charge in [-0.1, -0.05) is 32.9 Å². The molecule has 0 aliphatic carbocycles. The van der Waals surface area contributed by atoms with Crippen LogP contribution in [0.4, 0.5) is 5.69 Å². The lowest BCUT2D eigenvalue weighted by molar-refractivity contribution is 0.344. The number of rotatable bonds is 3. The molecule has 0 fully saturated rings. The molecule has 0 heterocycles. The minimum absolute atomic E-state index is 0.0665. The third-order valence-corrected chi connectivity index (χ3v) is 2.51. The van der Waals surface area contributed by atoms with E-state index in [1.165, 1.54) is 0 Å². The normalized spacial score (nSPS) is 13.6. The maximum absolute atomic E-state index is 9.62. The van der Waals surface area contributed by atoms with Gasteiger partial charge in [0.2, 0.25) is 0 Å². The first-order valence-electron chi connectivity index (χ1n) is 5.19. The maximum atomic E-state index is 9.62. The number of nitrogens with one attached hydrogen (secondary N) is 1. The maximum Gasteiger partial charge on any atom is 0.138 e. The number of benzene rings is 1. The van der Waals surface area contributed by atoms with E-state index in [2.05, 4.69) is 26.1 Å². The molecule has 1 rings (SSSR count). The standard InChI is InChI=1S/C12H20N2O/c1-12(2,3)11(8-13)14-9-6-4-5-7-10(9)15/h4-7,11,14-15H,8,13H2,1-3H3. The zero-order chi connectivity index (χ0) is 11.5. The van der Waals surface area contributed by atoms with Crippen LogP contribution in [0.25, 0.3) is 0 Å². The number of para-hydroxylation sites is 2. The van der Waals surface area contributed by atoms with Crippen LogP contribution >= 0.6 is 0 Å². The predicted molar refractivity (Wildman–Crippen MR) is 64.0 cm³/mol. The molecule has 3 heteroatoms. The van der Waals surface area contributed by atoms with Gasteiger partial charge in [-0.25, -0.2) is 0 Å². The Morgan fingerprint density at radius 1 is 1.33 bits per heavy atom. The molecule has 0 saturated carbocycles. The second-order valence-corrected chi connectivity index (χ2v) is 4.82. The van der Waals surface area contributed by atoms with E-state index in [-0.39, 0.29) is 17.2 Å². The number of aromatic hydroxyl groups is 1. The van der Waals surface area contributed by atoms with Crippen molar-refractivity contribution >= 4 is 5.69 Å². The summed E-state index contributed by atoms with van der Waals surface area (Å²) < 4.78 is 0. The quantitative estimate of drug-likeness (QED) is 0.667. The second-order valence-electron chi connectivity index (χ2n) is 4.82. The molecule has 15 heavy (non-hydrogen) atoms. The molecule has 0 bridgehead atoms. The monoisotopic (exact) mass is 208 g/mol. The van der Waals surface area contributed by atoms with Gasteiger partial charge < -0.3 is 16.2 Å². The summed E-state index contributed by atoms with van der Waals surface area (Å²) in [6.45, 7) is 6.91. The molecular formula is C12H20N2O. The van der Waals surface area contributed by atoms with Gasteiger partial charge in [0.05, 0.1) is 5.69 Å². The lowest BCUT2D eigenvalue weighted by Gasteiger charge is -2.31. The molecule has 0 aliphatic rings. The van der Waals surface area contributed by atoms with Crippen molar-refractivity contribution in [3.63, 3.8) is 0 Å². The van der Waals surface area contributed by atoms with Crippen LogP contribution in [0.15, 0.2) is 24.3 Å². The summed E-state index contributed by atoms with van der Waals surface area (Å²) >= 11 is 0. The minimum Gasteiger partial charge on any atom is -0.506 e. The van der Waals surface area contributed by atoms with Crippen molar-refractivity contribution in [1.82, 2.24) is 0 Å². The van der Waals surface area contributed by atoms with Crippen molar-refractivity contribution in [3.05, 3.63) is 24.3 Å². The van der Waals surface area contributed by atoms with Crippen molar-refractivity contribution < 1.29 is 5.11 Å². The number of anilines is 1. The third-order valence-electron chi connectivity index (χ3n) is 2.51. The first-order valence-corrected chi connectivity index (χ1v) is 5.19. The fourth-order valence-corrected chi connectivity index (χ4v) is 1.41. The molecular weight excluding hydrogens is 188 g/mol. The van der Waals surface area contributed by atoms with Crippen LogP contribution < -0.4 is 11.1 Å². The molecule has 1 aromatic carbocycles. The van der Waals surface area contributed by atoms with E-state index in [0.717, 1.165) is 5.69 Å². The Labute approximate surface area is 91.3 Å². The van der Waals surface area contributed by atoms with E-state index in [4.69, 9.17) is 5.73 Å². The molecule has 0 radical (unpaired) electrons.